The summed E-state index contributed by atoms with van der Waals surface area (Å²) in [5, 5.41) is 1.32. The van der Waals surface area contributed by atoms with Crippen LogP contribution in [0.3, 0.4) is 0 Å². The molecule has 0 radical (unpaired) electrons. The van der Waals surface area contributed by atoms with Crippen LogP contribution in [0, 0.1) is 0 Å². The third kappa shape index (κ3) is 6.66. The number of nitrogens with zero attached hydrogens (tertiary/aromatic N) is 4. The van der Waals surface area contributed by atoms with Crippen LogP contribution in [-0.2, 0) is 16.2 Å². The molecule has 1 aromatic heterocycles. The Balaban J connectivity index is 1.14. The lowest BCUT2D eigenvalue weighted by Crippen LogP contribution is -2.60. The van der Waals surface area contributed by atoms with E-state index in [4.69, 9.17) is 0 Å². The largest absolute Gasteiger partial charge is 0.311 e. The van der Waals surface area contributed by atoms with Gasteiger partial charge in [-0.05, 0) is 140 Å². The minimum atomic E-state index is -0.318. The SMILES string of the molecule is CC(C)(C)c1cccc(N2c3cc(C(C)(C)C)ccc3B3c4c2cc(N(c2ccccc2)c2ccccc2)cc4-n2c4c(c5cccc3c52)C(C)(C)c2cc(N(c3ccccc3)c3ccccc3)ccc2-4)c1. The van der Waals surface area contributed by atoms with Gasteiger partial charge in [0.25, 0.3) is 6.71 Å². The molecule has 0 saturated heterocycles. The molecule has 0 saturated carbocycles. The Labute approximate surface area is 425 Å². The molecule has 10 aromatic rings. The molecule has 72 heavy (non-hydrogen) atoms. The van der Waals surface area contributed by atoms with Crippen LogP contribution in [0.4, 0.5) is 51.2 Å². The lowest BCUT2D eigenvalue weighted by Gasteiger charge is -2.42. The average Bonchev–Trinajstić information content (AvgIpc) is 3.86. The van der Waals surface area contributed by atoms with Gasteiger partial charge in [-0.2, -0.15) is 0 Å². The molecule has 0 bridgehead atoms. The van der Waals surface area contributed by atoms with Crippen LogP contribution in [-0.4, -0.2) is 11.3 Å². The molecule has 350 valence electrons. The fourth-order valence-corrected chi connectivity index (χ4v) is 12.3. The number of benzene rings is 9. The minimum absolute atomic E-state index is 0.00138. The first kappa shape index (κ1) is 44.0. The molecular formula is C67H59BN4. The molecule has 9 aromatic carbocycles. The summed E-state index contributed by atoms with van der Waals surface area (Å²) in [4.78, 5) is 7.45. The van der Waals surface area contributed by atoms with E-state index in [-0.39, 0.29) is 23.0 Å². The van der Waals surface area contributed by atoms with Gasteiger partial charge in [0.2, 0.25) is 0 Å². The normalized spacial score (nSPS) is 13.9. The standard InChI is InChI=1S/C67H59BN4/c1-65(2,3)44-23-21-32-50(39-44)71-58-40-45(66(4,5)6)35-38-56(58)68-57-34-22-33-54-61-64(53-37-36-51(41-55(53)67(61,7)8)69(46-24-13-9-14-25-46)47-26-15-10-16-27-47)72(63(54)57)60-43-52(42-59(71)62(60)68)70(48-28-17-11-18-29-48)49-30-19-12-20-31-49/h9-43H,1-8H3. The van der Waals surface area contributed by atoms with Gasteiger partial charge in [0.1, 0.15) is 0 Å². The highest BCUT2D eigenvalue weighted by atomic mass is 15.2. The highest BCUT2D eigenvalue weighted by molar-refractivity contribution is 7.00. The average molecular weight is 931 g/mol. The van der Waals surface area contributed by atoms with Gasteiger partial charge in [0.05, 0.1) is 11.4 Å². The zero-order valence-electron chi connectivity index (χ0n) is 42.6. The van der Waals surface area contributed by atoms with E-state index in [0.29, 0.717) is 0 Å². The number of anilines is 9. The second kappa shape index (κ2) is 16.0. The van der Waals surface area contributed by atoms with Gasteiger partial charge < -0.3 is 19.3 Å². The van der Waals surface area contributed by atoms with Gasteiger partial charge in [-0.25, -0.2) is 0 Å². The van der Waals surface area contributed by atoms with E-state index in [2.05, 4.69) is 287 Å². The Morgan fingerprint density at radius 2 is 0.972 bits per heavy atom. The number of aromatic nitrogens is 1. The second-order valence-electron chi connectivity index (χ2n) is 22.7. The van der Waals surface area contributed by atoms with Crippen molar-refractivity contribution in [1.82, 2.24) is 4.57 Å². The Kier molecular flexibility index (Phi) is 9.77. The van der Waals surface area contributed by atoms with E-state index in [1.54, 1.807) is 0 Å². The monoisotopic (exact) mass is 930 g/mol. The molecule has 0 unspecified atom stereocenters. The fraction of sp³-hybridized carbons (Fsp3) is 0.164. The maximum Gasteiger partial charge on any atom is 0.252 e. The molecule has 13 rings (SSSR count). The van der Waals surface area contributed by atoms with Crippen LogP contribution in [0.25, 0.3) is 27.8 Å². The summed E-state index contributed by atoms with van der Waals surface area (Å²) in [5.74, 6) is 0. The third-order valence-electron chi connectivity index (χ3n) is 15.8. The van der Waals surface area contributed by atoms with Gasteiger partial charge in [0, 0.05) is 73.1 Å². The second-order valence-corrected chi connectivity index (χ2v) is 22.7. The van der Waals surface area contributed by atoms with Crippen LogP contribution in [0.2, 0.25) is 0 Å². The highest BCUT2D eigenvalue weighted by Gasteiger charge is 2.48. The summed E-state index contributed by atoms with van der Waals surface area (Å²) < 4.78 is 2.69. The molecule has 3 aliphatic rings. The highest BCUT2D eigenvalue weighted by Crippen LogP contribution is 2.56. The number of para-hydroxylation sites is 5. The molecule has 3 heterocycles. The maximum absolute atomic E-state index is 2.69. The summed E-state index contributed by atoms with van der Waals surface area (Å²) in [7, 11) is 0. The number of hydrogen-bond acceptors (Lipinski definition) is 3. The zero-order valence-corrected chi connectivity index (χ0v) is 42.6. The predicted octanol–water partition coefficient (Wildman–Crippen LogP) is 16.1. The van der Waals surface area contributed by atoms with Crippen molar-refractivity contribution in [2.24, 2.45) is 0 Å². The van der Waals surface area contributed by atoms with Gasteiger partial charge in [-0.15, -0.1) is 0 Å². The summed E-state index contributed by atoms with van der Waals surface area (Å²) >= 11 is 0. The van der Waals surface area contributed by atoms with Gasteiger partial charge in [-0.3, -0.25) is 0 Å². The summed E-state index contributed by atoms with van der Waals surface area (Å²) in [6, 6.07) is 79.4. The van der Waals surface area contributed by atoms with Crippen molar-refractivity contribution in [3.8, 4) is 16.9 Å². The number of fused-ring (bicyclic) bond motifs is 9. The quantitative estimate of drug-likeness (QED) is 0.148. The third-order valence-corrected chi connectivity index (χ3v) is 15.8. The van der Waals surface area contributed by atoms with Gasteiger partial charge in [0.15, 0.2) is 0 Å². The van der Waals surface area contributed by atoms with E-state index in [9.17, 15) is 0 Å². The maximum atomic E-state index is 2.69. The molecular weight excluding hydrogens is 872 g/mol. The molecule has 0 fully saturated rings. The summed E-state index contributed by atoms with van der Waals surface area (Å²) in [6.45, 7) is 18.9. The lowest BCUT2D eigenvalue weighted by molar-refractivity contribution is 0.590. The van der Waals surface area contributed by atoms with Crippen molar-refractivity contribution in [1.29, 1.82) is 0 Å². The summed E-state index contributed by atoms with van der Waals surface area (Å²) in [6.07, 6.45) is 0. The molecule has 4 nitrogen and oxygen atoms in total. The van der Waals surface area contributed by atoms with Crippen LogP contribution in [0.1, 0.15) is 77.6 Å². The van der Waals surface area contributed by atoms with Crippen LogP contribution in [0.15, 0.2) is 212 Å². The Morgan fingerprint density at radius 1 is 0.431 bits per heavy atom. The van der Waals surface area contributed by atoms with Crippen molar-refractivity contribution in [2.75, 3.05) is 14.7 Å². The molecule has 0 amide bonds. The van der Waals surface area contributed by atoms with E-state index < -0.39 is 0 Å². The molecule has 0 atom stereocenters. The molecule has 0 spiro atoms. The van der Waals surface area contributed by atoms with Crippen LogP contribution >= 0.6 is 0 Å². The van der Waals surface area contributed by atoms with E-state index >= 15 is 0 Å². The van der Waals surface area contributed by atoms with E-state index in [1.165, 1.54) is 83.6 Å². The van der Waals surface area contributed by atoms with Gasteiger partial charge in [-0.1, -0.05) is 177 Å². The fourth-order valence-electron chi connectivity index (χ4n) is 12.3. The van der Waals surface area contributed by atoms with Crippen molar-refractivity contribution < 1.29 is 0 Å². The van der Waals surface area contributed by atoms with Crippen molar-refractivity contribution >= 4 is 85.2 Å². The Morgan fingerprint density at radius 3 is 1.56 bits per heavy atom. The first-order valence-electron chi connectivity index (χ1n) is 25.6. The Bertz CT molecular complexity index is 3670. The Hall–Kier alpha value is -8.02. The van der Waals surface area contributed by atoms with Crippen LogP contribution in [0.5, 0.6) is 0 Å². The number of rotatable bonds is 7. The number of hydrogen-bond donors (Lipinski definition) is 0. The predicted molar refractivity (Wildman–Crippen MR) is 307 cm³/mol. The first-order valence-corrected chi connectivity index (χ1v) is 25.6. The minimum Gasteiger partial charge on any atom is -0.311 e. The van der Waals surface area contributed by atoms with Gasteiger partial charge >= 0.3 is 0 Å². The van der Waals surface area contributed by atoms with Crippen LogP contribution < -0.4 is 31.1 Å². The van der Waals surface area contributed by atoms with E-state index in [0.717, 1.165) is 34.1 Å². The van der Waals surface area contributed by atoms with E-state index in [1.807, 2.05) is 0 Å². The van der Waals surface area contributed by atoms with Crippen molar-refractivity contribution in [2.45, 2.75) is 71.6 Å². The first-order chi connectivity index (χ1) is 34.8. The molecule has 0 N–H and O–H groups in total. The lowest BCUT2D eigenvalue weighted by atomic mass is 9.33. The van der Waals surface area contributed by atoms with Crippen molar-refractivity contribution in [3.63, 3.8) is 0 Å². The molecule has 2 aliphatic heterocycles. The smallest absolute Gasteiger partial charge is 0.252 e. The zero-order chi connectivity index (χ0) is 49.3. The topological polar surface area (TPSA) is 14.7 Å². The molecule has 1 aliphatic carbocycles. The van der Waals surface area contributed by atoms with Crippen molar-refractivity contribution in [3.05, 3.63) is 235 Å². The molecule has 5 heteroatoms. The summed E-state index contributed by atoms with van der Waals surface area (Å²) in [5.41, 5.74) is 24.4.